The van der Waals surface area contributed by atoms with E-state index in [4.69, 9.17) is 4.84 Å². The lowest BCUT2D eigenvalue weighted by Crippen LogP contribution is -2.10. The SMILES string of the molecule is CONCc1cccc(CN=O)c1. The minimum Gasteiger partial charge on any atom is -0.305 e. The maximum absolute atomic E-state index is 10.0. The summed E-state index contributed by atoms with van der Waals surface area (Å²) in [5.74, 6) is 0. The summed E-state index contributed by atoms with van der Waals surface area (Å²) < 4.78 is 0. The Hall–Kier alpha value is -1.26. The predicted octanol–water partition coefficient (Wildman–Crippen LogP) is 1.60. The molecular weight excluding hydrogens is 168 g/mol. The summed E-state index contributed by atoms with van der Waals surface area (Å²) in [6.45, 7) is 0.851. The van der Waals surface area contributed by atoms with Gasteiger partial charge in [0.15, 0.2) is 0 Å². The summed E-state index contributed by atoms with van der Waals surface area (Å²) >= 11 is 0. The fraction of sp³-hybridized carbons (Fsp3) is 0.333. The van der Waals surface area contributed by atoms with Gasteiger partial charge in [-0.3, -0.25) is 0 Å². The van der Waals surface area contributed by atoms with Gasteiger partial charge in [0.25, 0.3) is 0 Å². The number of nitroso groups, excluding NO2 is 1. The van der Waals surface area contributed by atoms with Gasteiger partial charge in [0.05, 0.1) is 7.11 Å². The van der Waals surface area contributed by atoms with Crippen LogP contribution in [0, 0.1) is 4.91 Å². The van der Waals surface area contributed by atoms with Crippen molar-refractivity contribution < 1.29 is 4.84 Å². The van der Waals surface area contributed by atoms with Crippen LogP contribution in [0.1, 0.15) is 11.1 Å². The summed E-state index contributed by atoms with van der Waals surface area (Å²) in [7, 11) is 1.57. The number of hydrogen-bond donors (Lipinski definition) is 1. The molecule has 0 aromatic heterocycles. The minimum absolute atomic E-state index is 0.223. The molecule has 0 radical (unpaired) electrons. The summed E-state index contributed by atoms with van der Waals surface area (Å²) in [5.41, 5.74) is 4.72. The number of rotatable bonds is 5. The van der Waals surface area contributed by atoms with Crippen molar-refractivity contribution in [3.05, 3.63) is 40.3 Å². The van der Waals surface area contributed by atoms with E-state index in [1.54, 1.807) is 7.11 Å². The van der Waals surface area contributed by atoms with Crippen LogP contribution in [0.3, 0.4) is 0 Å². The first kappa shape index (κ1) is 9.83. The van der Waals surface area contributed by atoms with Crippen molar-refractivity contribution in [2.24, 2.45) is 5.18 Å². The minimum atomic E-state index is 0.223. The highest BCUT2D eigenvalue weighted by Crippen LogP contribution is 2.06. The number of nitrogens with one attached hydrogen (secondary N) is 1. The first-order valence-electron chi connectivity index (χ1n) is 3.99. The van der Waals surface area contributed by atoms with Gasteiger partial charge in [0, 0.05) is 6.54 Å². The molecule has 1 aromatic carbocycles. The summed E-state index contributed by atoms with van der Waals surface area (Å²) in [6, 6.07) is 7.65. The van der Waals surface area contributed by atoms with Crippen molar-refractivity contribution in [2.75, 3.05) is 7.11 Å². The van der Waals surface area contributed by atoms with Crippen LogP contribution in [0.15, 0.2) is 29.4 Å². The maximum atomic E-state index is 10.0. The zero-order valence-corrected chi connectivity index (χ0v) is 7.49. The summed E-state index contributed by atoms with van der Waals surface area (Å²) in [6.07, 6.45) is 0. The molecule has 70 valence electrons. The highest BCUT2D eigenvalue weighted by Gasteiger charge is 1.95. The molecule has 4 heteroatoms. The Morgan fingerprint density at radius 2 is 2.23 bits per heavy atom. The van der Waals surface area contributed by atoms with Crippen molar-refractivity contribution in [3.63, 3.8) is 0 Å². The van der Waals surface area contributed by atoms with Gasteiger partial charge >= 0.3 is 0 Å². The lowest BCUT2D eigenvalue weighted by molar-refractivity contribution is 0.0867. The second kappa shape index (κ2) is 5.40. The molecule has 0 unspecified atom stereocenters. The van der Waals surface area contributed by atoms with Gasteiger partial charge in [0.2, 0.25) is 0 Å². The molecule has 0 bridgehead atoms. The lowest BCUT2D eigenvalue weighted by atomic mass is 10.1. The third-order valence-corrected chi connectivity index (χ3v) is 1.66. The molecule has 0 fully saturated rings. The van der Waals surface area contributed by atoms with Gasteiger partial charge in [-0.25, -0.2) is 0 Å². The molecule has 0 aliphatic carbocycles. The molecule has 0 heterocycles. The molecule has 0 spiro atoms. The van der Waals surface area contributed by atoms with E-state index in [0.29, 0.717) is 6.54 Å². The highest BCUT2D eigenvalue weighted by molar-refractivity contribution is 5.23. The van der Waals surface area contributed by atoms with Crippen LogP contribution in [0.25, 0.3) is 0 Å². The van der Waals surface area contributed by atoms with Crippen molar-refractivity contribution in [1.29, 1.82) is 0 Å². The number of hydroxylamine groups is 1. The molecule has 1 rings (SSSR count). The van der Waals surface area contributed by atoms with Gasteiger partial charge in [-0.15, -0.1) is 0 Å². The molecule has 0 aliphatic heterocycles. The zero-order chi connectivity index (χ0) is 9.52. The smallest absolute Gasteiger partial charge is 0.106 e. The van der Waals surface area contributed by atoms with E-state index >= 15 is 0 Å². The van der Waals surface area contributed by atoms with Gasteiger partial charge in [-0.05, 0) is 11.1 Å². The monoisotopic (exact) mass is 180 g/mol. The summed E-state index contributed by atoms with van der Waals surface area (Å²) in [4.78, 5) is 14.7. The second-order valence-corrected chi connectivity index (χ2v) is 2.63. The molecule has 0 amide bonds. The molecule has 1 aromatic rings. The van der Waals surface area contributed by atoms with Crippen molar-refractivity contribution in [2.45, 2.75) is 13.1 Å². The van der Waals surface area contributed by atoms with Crippen LogP contribution in [-0.4, -0.2) is 7.11 Å². The van der Waals surface area contributed by atoms with Crippen LogP contribution in [0.5, 0.6) is 0 Å². The Balaban J connectivity index is 2.61. The number of hydrogen-bond acceptors (Lipinski definition) is 4. The highest BCUT2D eigenvalue weighted by atomic mass is 16.6. The van der Waals surface area contributed by atoms with Crippen molar-refractivity contribution in [1.82, 2.24) is 5.48 Å². The molecular formula is C9H12N2O2. The van der Waals surface area contributed by atoms with Gasteiger partial charge in [-0.1, -0.05) is 29.4 Å². The normalized spacial score (nSPS) is 9.92. The van der Waals surface area contributed by atoms with Gasteiger partial charge in [-0.2, -0.15) is 10.4 Å². The van der Waals surface area contributed by atoms with Crippen LogP contribution in [0.2, 0.25) is 0 Å². The van der Waals surface area contributed by atoms with Crippen molar-refractivity contribution >= 4 is 0 Å². The fourth-order valence-corrected chi connectivity index (χ4v) is 1.07. The molecule has 4 nitrogen and oxygen atoms in total. The van der Waals surface area contributed by atoms with Crippen molar-refractivity contribution in [3.8, 4) is 0 Å². The average Bonchev–Trinajstić information content (AvgIpc) is 2.16. The first-order valence-corrected chi connectivity index (χ1v) is 3.99. The van der Waals surface area contributed by atoms with Gasteiger partial charge in [0.1, 0.15) is 6.54 Å². The third-order valence-electron chi connectivity index (χ3n) is 1.66. The Morgan fingerprint density at radius 1 is 1.46 bits per heavy atom. The van der Waals surface area contributed by atoms with E-state index < -0.39 is 0 Å². The lowest BCUT2D eigenvalue weighted by Gasteiger charge is -2.02. The van der Waals surface area contributed by atoms with E-state index in [2.05, 4.69) is 10.7 Å². The predicted molar refractivity (Wildman–Crippen MR) is 49.8 cm³/mol. The van der Waals surface area contributed by atoms with Crippen LogP contribution in [0.4, 0.5) is 0 Å². The van der Waals surface area contributed by atoms with Crippen LogP contribution >= 0.6 is 0 Å². The van der Waals surface area contributed by atoms with Gasteiger partial charge < -0.3 is 4.84 Å². The Labute approximate surface area is 76.8 Å². The Morgan fingerprint density at radius 3 is 2.92 bits per heavy atom. The van der Waals surface area contributed by atoms with E-state index in [9.17, 15) is 4.91 Å². The largest absolute Gasteiger partial charge is 0.305 e. The topological polar surface area (TPSA) is 50.7 Å². The molecule has 13 heavy (non-hydrogen) atoms. The second-order valence-electron chi connectivity index (χ2n) is 2.63. The van der Waals surface area contributed by atoms with Crippen LogP contribution in [-0.2, 0) is 17.9 Å². The number of benzene rings is 1. The molecule has 0 saturated carbocycles. The van der Waals surface area contributed by atoms with Crippen LogP contribution < -0.4 is 5.48 Å². The van der Waals surface area contributed by atoms with E-state index in [1.807, 2.05) is 24.3 Å². The zero-order valence-electron chi connectivity index (χ0n) is 7.49. The van der Waals surface area contributed by atoms with E-state index in [1.165, 1.54) is 0 Å². The standard InChI is InChI=1S/C9H12N2O2/c1-13-11-7-9-4-2-3-8(5-9)6-10-12/h2-5,11H,6-7H2,1H3. The Kier molecular flexibility index (Phi) is 4.08. The third kappa shape index (κ3) is 3.31. The quantitative estimate of drug-likeness (QED) is 0.553. The molecule has 0 saturated heterocycles. The first-order chi connectivity index (χ1) is 6.36. The number of nitrogens with zero attached hydrogens (tertiary/aromatic N) is 1. The maximum Gasteiger partial charge on any atom is 0.106 e. The summed E-state index contributed by atoms with van der Waals surface area (Å²) in [5, 5.41) is 2.83. The average molecular weight is 180 g/mol. The van der Waals surface area contributed by atoms with E-state index in [-0.39, 0.29) is 6.54 Å². The molecule has 1 N–H and O–H groups in total. The Bertz CT molecular complexity index is 276. The fourth-order valence-electron chi connectivity index (χ4n) is 1.07. The molecule has 0 aliphatic rings. The van der Waals surface area contributed by atoms with E-state index in [0.717, 1.165) is 11.1 Å². The molecule has 0 atom stereocenters.